The van der Waals surface area contributed by atoms with Crippen LogP contribution in [0.3, 0.4) is 0 Å². The van der Waals surface area contributed by atoms with Crippen LogP contribution in [0.5, 0.6) is 0 Å². The van der Waals surface area contributed by atoms with Gasteiger partial charge in [0.1, 0.15) is 0 Å². The monoisotopic (exact) mass is 394 g/mol. The first-order chi connectivity index (χ1) is 13.3. The van der Waals surface area contributed by atoms with Crippen LogP contribution < -0.4 is 10.0 Å². The van der Waals surface area contributed by atoms with E-state index in [-0.39, 0.29) is 10.8 Å². The summed E-state index contributed by atoms with van der Waals surface area (Å²) in [5.41, 5.74) is 3.57. The molecular formula is C22H22N2O3S. The van der Waals surface area contributed by atoms with E-state index in [2.05, 4.69) is 10.0 Å². The molecule has 0 radical (unpaired) electrons. The van der Waals surface area contributed by atoms with Crippen LogP contribution in [0.2, 0.25) is 0 Å². The molecule has 0 aliphatic rings. The molecule has 0 aliphatic heterocycles. The fraction of sp³-hybridized carbons (Fsp3) is 0.136. The van der Waals surface area contributed by atoms with Gasteiger partial charge in [0.05, 0.1) is 10.6 Å². The summed E-state index contributed by atoms with van der Waals surface area (Å²) in [6, 6.07) is 21.1. The van der Waals surface area contributed by atoms with Gasteiger partial charge in [-0.3, -0.25) is 9.52 Å². The number of carbonyl (C=O) groups is 1. The molecule has 0 saturated heterocycles. The zero-order valence-electron chi connectivity index (χ0n) is 15.8. The molecule has 0 fully saturated rings. The van der Waals surface area contributed by atoms with Crippen LogP contribution in [-0.2, 0) is 16.6 Å². The smallest absolute Gasteiger partial charge is 0.261 e. The van der Waals surface area contributed by atoms with E-state index >= 15 is 0 Å². The number of rotatable bonds is 6. The molecule has 1 amide bonds. The van der Waals surface area contributed by atoms with E-state index in [1.54, 1.807) is 18.2 Å². The Morgan fingerprint density at radius 1 is 0.893 bits per heavy atom. The Balaban J connectivity index is 1.77. The lowest BCUT2D eigenvalue weighted by molar-refractivity contribution is 0.0950. The molecule has 0 heterocycles. The molecule has 3 aromatic carbocycles. The zero-order chi connectivity index (χ0) is 20.1. The Morgan fingerprint density at radius 3 is 2.39 bits per heavy atom. The fourth-order valence-electron chi connectivity index (χ4n) is 2.73. The number of carbonyl (C=O) groups excluding carboxylic acids is 1. The molecule has 0 unspecified atom stereocenters. The van der Waals surface area contributed by atoms with Crippen LogP contribution in [0.25, 0.3) is 0 Å². The maximum atomic E-state index is 12.8. The zero-order valence-corrected chi connectivity index (χ0v) is 16.6. The first-order valence-electron chi connectivity index (χ1n) is 8.87. The minimum absolute atomic E-state index is 0.0424. The summed E-state index contributed by atoms with van der Waals surface area (Å²) in [4.78, 5) is 12.5. The molecule has 2 N–H and O–H groups in total. The van der Waals surface area contributed by atoms with Crippen molar-refractivity contribution in [2.24, 2.45) is 0 Å². The molecule has 28 heavy (non-hydrogen) atoms. The molecule has 6 heteroatoms. The second-order valence-electron chi connectivity index (χ2n) is 6.62. The molecule has 0 atom stereocenters. The standard InChI is InChI=1S/C22H22N2O3S/c1-16-11-12-17(2)21(13-16)24-28(26,27)20-10-6-9-19(14-20)22(25)23-15-18-7-4-3-5-8-18/h3-14,24H,15H2,1-2H3,(H,23,25). The first-order valence-corrected chi connectivity index (χ1v) is 10.4. The van der Waals surface area contributed by atoms with Crippen molar-refractivity contribution in [3.05, 3.63) is 95.1 Å². The van der Waals surface area contributed by atoms with Crippen LogP contribution in [-0.4, -0.2) is 14.3 Å². The second kappa shape index (κ2) is 8.27. The van der Waals surface area contributed by atoms with Crippen molar-refractivity contribution in [3.63, 3.8) is 0 Å². The lowest BCUT2D eigenvalue weighted by Gasteiger charge is -2.12. The number of sulfonamides is 1. The SMILES string of the molecule is Cc1ccc(C)c(NS(=O)(=O)c2cccc(C(=O)NCc3ccccc3)c2)c1. The molecule has 0 spiro atoms. The third-order valence-corrected chi connectivity index (χ3v) is 5.70. The van der Waals surface area contributed by atoms with Crippen molar-refractivity contribution >= 4 is 21.6 Å². The Bertz CT molecular complexity index is 1090. The van der Waals surface area contributed by atoms with Gasteiger partial charge in [0.15, 0.2) is 0 Å². The summed E-state index contributed by atoms with van der Waals surface area (Å²) in [6.07, 6.45) is 0. The van der Waals surface area contributed by atoms with Crippen LogP contribution in [0.15, 0.2) is 77.7 Å². The van der Waals surface area contributed by atoms with Crippen LogP contribution in [0.4, 0.5) is 5.69 Å². The van der Waals surface area contributed by atoms with Gasteiger partial charge in [-0.25, -0.2) is 8.42 Å². The average molecular weight is 394 g/mol. The highest BCUT2D eigenvalue weighted by Gasteiger charge is 2.17. The van der Waals surface area contributed by atoms with Gasteiger partial charge < -0.3 is 5.32 Å². The van der Waals surface area contributed by atoms with Gasteiger partial charge in [0, 0.05) is 12.1 Å². The third-order valence-electron chi connectivity index (χ3n) is 4.34. The average Bonchev–Trinajstić information content (AvgIpc) is 2.69. The number of amides is 1. The predicted molar refractivity (Wildman–Crippen MR) is 111 cm³/mol. The third kappa shape index (κ3) is 4.78. The lowest BCUT2D eigenvalue weighted by Crippen LogP contribution is -2.23. The molecule has 0 bridgehead atoms. The van der Waals surface area contributed by atoms with Crippen molar-refractivity contribution in [2.75, 3.05) is 4.72 Å². The van der Waals surface area contributed by atoms with Crippen molar-refractivity contribution in [3.8, 4) is 0 Å². The number of benzene rings is 3. The van der Waals surface area contributed by atoms with E-state index in [4.69, 9.17) is 0 Å². The molecule has 0 aromatic heterocycles. The normalized spacial score (nSPS) is 11.1. The summed E-state index contributed by atoms with van der Waals surface area (Å²) in [6.45, 7) is 4.11. The van der Waals surface area contributed by atoms with Crippen LogP contribution >= 0.6 is 0 Å². The summed E-state index contributed by atoms with van der Waals surface area (Å²) in [5.74, 6) is -0.326. The Kier molecular flexibility index (Phi) is 5.80. The predicted octanol–water partition coefficient (Wildman–Crippen LogP) is 4.03. The maximum absolute atomic E-state index is 12.8. The number of nitrogens with one attached hydrogen (secondary N) is 2. The second-order valence-corrected chi connectivity index (χ2v) is 8.30. The minimum Gasteiger partial charge on any atom is -0.348 e. The number of hydrogen-bond acceptors (Lipinski definition) is 3. The molecule has 144 valence electrons. The van der Waals surface area contributed by atoms with E-state index in [9.17, 15) is 13.2 Å². The quantitative estimate of drug-likeness (QED) is 0.663. The molecule has 0 saturated carbocycles. The molecular weight excluding hydrogens is 372 g/mol. The number of aryl methyl sites for hydroxylation is 2. The fourth-order valence-corrected chi connectivity index (χ4v) is 3.90. The number of anilines is 1. The van der Waals surface area contributed by atoms with Gasteiger partial charge in [0.25, 0.3) is 15.9 Å². The Morgan fingerprint density at radius 2 is 1.64 bits per heavy atom. The molecule has 3 aromatic rings. The van der Waals surface area contributed by atoms with Gasteiger partial charge in [0.2, 0.25) is 0 Å². The van der Waals surface area contributed by atoms with Crippen LogP contribution in [0, 0.1) is 13.8 Å². The van der Waals surface area contributed by atoms with Crippen molar-refractivity contribution in [2.45, 2.75) is 25.3 Å². The highest BCUT2D eigenvalue weighted by Crippen LogP contribution is 2.21. The summed E-state index contributed by atoms with van der Waals surface area (Å²) in [5, 5.41) is 2.81. The van der Waals surface area contributed by atoms with Gasteiger partial charge >= 0.3 is 0 Å². The van der Waals surface area contributed by atoms with E-state index < -0.39 is 10.0 Å². The lowest BCUT2D eigenvalue weighted by atomic mass is 10.1. The van der Waals surface area contributed by atoms with Gasteiger partial charge in [-0.1, -0.05) is 48.5 Å². The van der Waals surface area contributed by atoms with Gasteiger partial charge in [-0.05, 0) is 54.8 Å². The molecule has 0 aliphatic carbocycles. The Hall–Kier alpha value is -3.12. The van der Waals surface area contributed by atoms with Crippen molar-refractivity contribution < 1.29 is 13.2 Å². The molecule has 3 rings (SSSR count). The van der Waals surface area contributed by atoms with E-state index in [1.165, 1.54) is 12.1 Å². The maximum Gasteiger partial charge on any atom is 0.261 e. The van der Waals surface area contributed by atoms with E-state index in [0.717, 1.165) is 16.7 Å². The highest BCUT2D eigenvalue weighted by atomic mass is 32.2. The summed E-state index contributed by atoms with van der Waals surface area (Å²) in [7, 11) is -3.81. The first kappa shape index (κ1) is 19.6. The highest BCUT2D eigenvalue weighted by molar-refractivity contribution is 7.92. The Labute approximate surface area is 165 Å². The van der Waals surface area contributed by atoms with Crippen molar-refractivity contribution in [1.29, 1.82) is 0 Å². The topological polar surface area (TPSA) is 75.3 Å². The van der Waals surface area contributed by atoms with E-state index in [1.807, 2.05) is 56.3 Å². The van der Waals surface area contributed by atoms with Crippen LogP contribution in [0.1, 0.15) is 27.0 Å². The van der Waals surface area contributed by atoms with E-state index in [0.29, 0.717) is 17.8 Å². The summed E-state index contributed by atoms with van der Waals surface area (Å²) < 4.78 is 28.2. The minimum atomic E-state index is -3.81. The van der Waals surface area contributed by atoms with Gasteiger partial charge in [-0.2, -0.15) is 0 Å². The summed E-state index contributed by atoms with van der Waals surface area (Å²) >= 11 is 0. The van der Waals surface area contributed by atoms with Crippen molar-refractivity contribution in [1.82, 2.24) is 5.32 Å². The van der Waals surface area contributed by atoms with Gasteiger partial charge in [-0.15, -0.1) is 0 Å². The molecule has 5 nitrogen and oxygen atoms in total. The number of hydrogen-bond donors (Lipinski definition) is 2. The largest absolute Gasteiger partial charge is 0.348 e.